The summed E-state index contributed by atoms with van der Waals surface area (Å²) >= 11 is 0. The molecule has 1 aromatic carbocycles. The maximum Gasteiger partial charge on any atom is 0.161 e. The number of fused-ring (bicyclic) bond motifs is 1. The van der Waals surface area contributed by atoms with Gasteiger partial charge in [0, 0.05) is 6.42 Å². The second kappa shape index (κ2) is 6.02. The lowest BCUT2D eigenvalue weighted by Crippen LogP contribution is -2.07. The van der Waals surface area contributed by atoms with Crippen LogP contribution in [-0.2, 0) is 11.3 Å². The number of benzene rings is 1. The third-order valence-electron chi connectivity index (χ3n) is 2.93. The van der Waals surface area contributed by atoms with E-state index < -0.39 is 6.17 Å². The molecule has 2 N–H and O–H groups in total. The molecule has 1 aliphatic rings. The number of rotatable bonds is 4. The van der Waals surface area contributed by atoms with Crippen LogP contribution in [0.2, 0.25) is 0 Å². The molecule has 0 aromatic heterocycles. The lowest BCUT2D eigenvalue weighted by Gasteiger charge is -2.15. The van der Waals surface area contributed by atoms with E-state index in [0.29, 0.717) is 43.3 Å². The summed E-state index contributed by atoms with van der Waals surface area (Å²) in [4.78, 5) is 4.55. The van der Waals surface area contributed by atoms with Gasteiger partial charge in [0.05, 0.1) is 19.8 Å². The Hall–Kier alpha value is -1.33. The summed E-state index contributed by atoms with van der Waals surface area (Å²) < 4.78 is 24.8. The molecule has 5 heteroatoms. The van der Waals surface area contributed by atoms with Crippen molar-refractivity contribution in [2.45, 2.75) is 25.9 Å². The Morgan fingerprint density at radius 3 is 2.61 bits per heavy atom. The van der Waals surface area contributed by atoms with E-state index in [4.69, 9.17) is 15.4 Å². The summed E-state index contributed by atoms with van der Waals surface area (Å²) in [7, 11) is 0. The van der Waals surface area contributed by atoms with Crippen LogP contribution in [0.25, 0.3) is 0 Å². The molecule has 0 aliphatic carbocycles. The zero-order chi connectivity index (χ0) is 13.0. The Balaban J connectivity index is 2.34. The van der Waals surface area contributed by atoms with Crippen LogP contribution in [0.4, 0.5) is 4.39 Å². The van der Waals surface area contributed by atoms with Crippen LogP contribution in [0.1, 0.15) is 30.6 Å². The van der Waals surface area contributed by atoms with Crippen molar-refractivity contribution in [1.82, 2.24) is 0 Å². The molecule has 0 fully saturated rings. The average Bonchev–Trinajstić information content (AvgIpc) is 2.59. The molecule has 0 bridgehead atoms. The van der Waals surface area contributed by atoms with E-state index in [1.807, 2.05) is 6.07 Å². The van der Waals surface area contributed by atoms with Crippen molar-refractivity contribution in [2.75, 3.05) is 19.8 Å². The zero-order valence-corrected chi connectivity index (χ0v) is 10.4. The molecule has 0 saturated heterocycles. The Morgan fingerprint density at radius 1 is 1.33 bits per heavy atom. The van der Waals surface area contributed by atoms with Crippen molar-refractivity contribution in [3.05, 3.63) is 23.3 Å². The van der Waals surface area contributed by atoms with Crippen molar-refractivity contribution in [3.63, 3.8) is 0 Å². The molecular weight excluding hydrogens is 237 g/mol. The van der Waals surface area contributed by atoms with Gasteiger partial charge in [0.25, 0.3) is 0 Å². The van der Waals surface area contributed by atoms with Gasteiger partial charge >= 0.3 is 0 Å². The molecule has 18 heavy (non-hydrogen) atoms. The lowest BCUT2D eigenvalue weighted by atomic mass is 10.0. The van der Waals surface area contributed by atoms with Crippen molar-refractivity contribution in [1.29, 1.82) is 0 Å². The van der Waals surface area contributed by atoms with Crippen LogP contribution >= 0.6 is 0 Å². The number of hydrogen-bond acceptors (Lipinski definition) is 4. The maximum absolute atomic E-state index is 13.6. The first kappa shape index (κ1) is 13.1. The number of alkyl halides is 1. The van der Waals surface area contributed by atoms with Gasteiger partial charge in [0.2, 0.25) is 0 Å². The van der Waals surface area contributed by atoms with Crippen LogP contribution in [0.15, 0.2) is 12.1 Å². The molecule has 1 unspecified atom stereocenters. The van der Waals surface area contributed by atoms with Crippen molar-refractivity contribution in [3.8, 4) is 11.5 Å². The van der Waals surface area contributed by atoms with Crippen LogP contribution in [0, 0.1) is 0 Å². The first-order chi connectivity index (χ1) is 8.72. The normalized spacial score (nSPS) is 16.2. The second-order valence-corrected chi connectivity index (χ2v) is 4.29. The van der Waals surface area contributed by atoms with Gasteiger partial charge in [-0.15, -0.1) is 0 Å². The van der Waals surface area contributed by atoms with Crippen molar-refractivity contribution in [2.24, 2.45) is 5.90 Å². The average molecular weight is 255 g/mol. The van der Waals surface area contributed by atoms with Gasteiger partial charge in [-0.2, -0.15) is 0 Å². The predicted octanol–water partition coefficient (Wildman–Crippen LogP) is 2.31. The quantitative estimate of drug-likeness (QED) is 0.839. The highest BCUT2D eigenvalue weighted by atomic mass is 19.1. The summed E-state index contributed by atoms with van der Waals surface area (Å²) in [6.07, 6.45) is 0.322. The molecule has 1 aliphatic heterocycles. The van der Waals surface area contributed by atoms with Crippen LogP contribution < -0.4 is 15.4 Å². The topological polar surface area (TPSA) is 53.7 Å². The fourth-order valence-corrected chi connectivity index (χ4v) is 2.02. The maximum atomic E-state index is 13.6. The number of nitrogens with two attached hydrogens (primary N) is 1. The molecule has 1 atom stereocenters. The summed E-state index contributed by atoms with van der Waals surface area (Å²) in [5, 5.41) is 0. The Kier molecular flexibility index (Phi) is 4.38. The third kappa shape index (κ3) is 2.91. The van der Waals surface area contributed by atoms with E-state index in [9.17, 15) is 4.39 Å². The summed E-state index contributed by atoms with van der Waals surface area (Å²) in [5.74, 6) is 6.30. The van der Waals surface area contributed by atoms with Crippen molar-refractivity contribution < 1.29 is 18.7 Å². The molecular formula is C13H18FNO3. The van der Waals surface area contributed by atoms with E-state index in [2.05, 4.69) is 4.84 Å². The largest absolute Gasteiger partial charge is 0.490 e. The highest BCUT2D eigenvalue weighted by Crippen LogP contribution is 2.36. The van der Waals surface area contributed by atoms with E-state index in [-0.39, 0.29) is 0 Å². The van der Waals surface area contributed by atoms with Gasteiger partial charge in [0.1, 0.15) is 6.17 Å². The third-order valence-corrected chi connectivity index (χ3v) is 2.93. The van der Waals surface area contributed by atoms with Crippen LogP contribution in [-0.4, -0.2) is 19.8 Å². The monoisotopic (exact) mass is 255 g/mol. The first-order valence-corrected chi connectivity index (χ1v) is 6.10. The molecule has 0 radical (unpaired) electrons. The summed E-state index contributed by atoms with van der Waals surface area (Å²) in [5.41, 5.74) is 1.45. The summed E-state index contributed by atoms with van der Waals surface area (Å²) in [6.45, 7) is 3.06. The number of hydrogen-bond donors (Lipinski definition) is 1. The minimum absolute atomic E-state index is 0.347. The van der Waals surface area contributed by atoms with Gasteiger partial charge < -0.3 is 14.3 Å². The molecule has 0 amide bonds. The van der Waals surface area contributed by atoms with Gasteiger partial charge in [-0.3, -0.25) is 0 Å². The van der Waals surface area contributed by atoms with Crippen molar-refractivity contribution >= 4 is 0 Å². The Morgan fingerprint density at radius 2 is 2.00 bits per heavy atom. The van der Waals surface area contributed by atoms with Gasteiger partial charge in [0.15, 0.2) is 11.5 Å². The summed E-state index contributed by atoms with van der Waals surface area (Å²) in [6, 6.07) is 3.54. The van der Waals surface area contributed by atoms with E-state index >= 15 is 0 Å². The van der Waals surface area contributed by atoms with Gasteiger partial charge in [-0.25, -0.2) is 10.3 Å². The van der Waals surface area contributed by atoms with E-state index in [1.165, 1.54) is 6.92 Å². The Bertz CT molecular complexity index is 409. The van der Waals surface area contributed by atoms with Crippen LogP contribution in [0.3, 0.4) is 0 Å². The molecule has 1 aromatic rings. The van der Waals surface area contributed by atoms with Gasteiger partial charge in [-0.1, -0.05) is 0 Å². The molecule has 0 saturated carbocycles. The smallest absolute Gasteiger partial charge is 0.161 e. The number of ether oxygens (including phenoxy) is 2. The molecule has 2 rings (SSSR count). The highest BCUT2D eigenvalue weighted by molar-refractivity contribution is 5.48. The molecule has 0 spiro atoms. The second-order valence-electron chi connectivity index (χ2n) is 4.29. The molecule has 1 heterocycles. The van der Waals surface area contributed by atoms with Gasteiger partial charge in [-0.05, 0) is 36.6 Å². The standard InChI is InChI=1S/C13H18FNO3/c1-9(14)11-8-13-12(16-4-2-5-17-13)7-10(11)3-6-18-15/h7-9H,2-6,15H2,1H3. The molecule has 100 valence electrons. The van der Waals surface area contributed by atoms with E-state index in [0.717, 1.165) is 12.0 Å². The Labute approximate surface area is 106 Å². The SMILES string of the molecule is CC(F)c1cc2c(cc1CCON)OCCCO2. The molecule has 4 nitrogen and oxygen atoms in total. The fourth-order valence-electron chi connectivity index (χ4n) is 2.02. The minimum atomic E-state index is -1.06. The predicted molar refractivity (Wildman–Crippen MR) is 65.4 cm³/mol. The van der Waals surface area contributed by atoms with Crippen LogP contribution in [0.5, 0.6) is 11.5 Å². The lowest BCUT2D eigenvalue weighted by molar-refractivity contribution is 0.141. The highest BCUT2D eigenvalue weighted by Gasteiger charge is 2.17. The number of halogens is 1. The zero-order valence-electron chi connectivity index (χ0n) is 10.4. The first-order valence-electron chi connectivity index (χ1n) is 6.10. The minimum Gasteiger partial charge on any atom is -0.490 e. The fraction of sp³-hybridized carbons (Fsp3) is 0.538. The van der Waals surface area contributed by atoms with E-state index in [1.54, 1.807) is 6.07 Å².